The van der Waals surface area contributed by atoms with E-state index in [1.54, 1.807) is 0 Å². The minimum atomic E-state index is -2.01. The lowest BCUT2D eigenvalue weighted by Gasteiger charge is -2.40. The Labute approximate surface area is 229 Å². The molecule has 0 aliphatic heterocycles. The molecule has 0 N–H and O–H groups in total. The molecule has 7 heteroatoms. The Bertz CT molecular complexity index is 890. The zero-order chi connectivity index (χ0) is 27.6. The van der Waals surface area contributed by atoms with Gasteiger partial charge in [0.05, 0.1) is 12.7 Å². The molecule has 2 rings (SSSR count). The van der Waals surface area contributed by atoms with Gasteiger partial charge in [-0.3, -0.25) is 9.59 Å². The molecule has 0 aromatic heterocycles. The summed E-state index contributed by atoms with van der Waals surface area (Å²) in [6.45, 7) is 14.9. The predicted octanol–water partition coefficient (Wildman–Crippen LogP) is 7.16. The van der Waals surface area contributed by atoms with E-state index in [4.69, 9.17) is 9.16 Å². The second-order valence-corrected chi connectivity index (χ2v) is 18.2. The van der Waals surface area contributed by atoms with E-state index in [2.05, 4.69) is 46.0 Å². The first-order valence-electron chi connectivity index (χ1n) is 13.8. The number of ether oxygens (including phenoxy) is 1. The summed E-state index contributed by atoms with van der Waals surface area (Å²) in [7, 11) is -2.01. The van der Waals surface area contributed by atoms with Crippen molar-refractivity contribution in [2.75, 3.05) is 12.4 Å². The molecule has 1 fully saturated rings. The SMILES string of the molecule is CC(=O)OCC[C@H]1C(=O)C[C@@H](O[Si](C)(C)C(C)(C)C)[C@@H]1C/C=C/CCCCC[S+]([O-])c1ccc(C)cc1. The van der Waals surface area contributed by atoms with Crippen molar-refractivity contribution < 1.29 is 23.3 Å². The van der Waals surface area contributed by atoms with E-state index >= 15 is 0 Å². The Balaban J connectivity index is 1.85. The van der Waals surface area contributed by atoms with Crippen molar-refractivity contribution in [1.29, 1.82) is 0 Å². The Morgan fingerprint density at radius 3 is 2.43 bits per heavy atom. The highest BCUT2D eigenvalue weighted by Crippen LogP contribution is 2.43. The van der Waals surface area contributed by atoms with Gasteiger partial charge in [0.1, 0.15) is 11.5 Å². The van der Waals surface area contributed by atoms with E-state index in [0.717, 1.165) is 37.0 Å². The van der Waals surface area contributed by atoms with Crippen LogP contribution in [-0.4, -0.2) is 43.1 Å². The molecule has 0 spiro atoms. The zero-order valence-corrected chi connectivity index (χ0v) is 25.8. The first-order valence-corrected chi connectivity index (χ1v) is 18.0. The van der Waals surface area contributed by atoms with Crippen LogP contribution in [0, 0.1) is 18.8 Å². The lowest BCUT2D eigenvalue weighted by molar-refractivity contribution is -0.142. The highest BCUT2D eigenvalue weighted by molar-refractivity contribution is 7.91. The number of rotatable bonds is 14. The van der Waals surface area contributed by atoms with Gasteiger partial charge in [0, 0.05) is 19.3 Å². The number of esters is 1. The van der Waals surface area contributed by atoms with E-state index in [1.165, 1.54) is 12.5 Å². The van der Waals surface area contributed by atoms with Crippen molar-refractivity contribution in [3.8, 4) is 0 Å². The number of aryl methyl sites for hydroxylation is 1. The minimum absolute atomic E-state index is 0.0721. The summed E-state index contributed by atoms with van der Waals surface area (Å²) in [4.78, 5) is 25.1. The van der Waals surface area contributed by atoms with Crippen LogP contribution in [0.5, 0.6) is 0 Å². The van der Waals surface area contributed by atoms with Crippen LogP contribution in [0.4, 0.5) is 0 Å². The fourth-order valence-corrected chi connectivity index (χ4v) is 7.07. The predicted molar refractivity (Wildman–Crippen MR) is 155 cm³/mol. The molecule has 0 radical (unpaired) electrons. The number of carbonyl (C=O) groups excluding carboxylic acids is 2. The van der Waals surface area contributed by atoms with Crippen molar-refractivity contribution in [2.24, 2.45) is 11.8 Å². The average molecular weight is 549 g/mol. The molecule has 0 saturated heterocycles. The van der Waals surface area contributed by atoms with E-state index < -0.39 is 19.5 Å². The van der Waals surface area contributed by atoms with E-state index in [1.807, 2.05) is 31.2 Å². The number of hydrogen-bond acceptors (Lipinski definition) is 5. The maximum atomic E-state index is 12.9. The lowest BCUT2D eigenvalue weighted by atomic mass is 9.88. The first kappa shape index (κ1) is 31.8. The van der Waals surface area contributed by atoms with Gasteiger partial charge in [-0.25, -0.2) is 0 Å². The monoisotopic (exact) mass is 548 g/mol. The van der Waals surface area contributed by atoms with E-state index in [9.17, 15) is 14.1 Å². The van der Waals surface area contributed by atoms with Crippen LogP contribution in [0.1, 0.15) is 78.2 Å². The Morgan fingerprint density at radius 1 is 1.14 bits per heavy atom. The fraction of sp³-hybridized carbons (Fsp3) is 0.667. The lowest BCUT2D eigenvalue weighted by Crippen LogP contribution is -2.45. The van der Waals surface area contributed by atoms with E-state index in [-0.39, 0.29) is 41.3 Å². The molecule has 0 bridgehead atoms. The number of Topliss-reactive ketones (excluding diaryl/α,β-unsaturated/α-hetero) is 1. The molecule has 1 aliphatic rings. The minimum Gasteiger partial charge on any atom is -0.611 e. The third-order valence-corrected chi connectivity index (χ3v) is 13.8. The number of carbonyl (C=O) groups is 2. The second kappa shape index (κ2) is 14.7. The van der Waals surface area contributed by atoms with Gasteiger partial charge in [0.15, 0.2) is 13.2 Å². The van der Waals surface area contributed by atoms with Gasteiger partial charge in [-0.15, -0.1) is 0 Å². The highest BCUT2D eigenvalue weighted by atomic mass is 32.2. The molecular formula is C30H48O5SSi. The average Bonchev–Trinajstić information content (AvgIpc) is 3.08. The van der Waals surface area contributed by atoms with Gasteiger partial charge in [0.2, 0.25) is 0 Å². The molecular weight excluding hydrogens is 500 g/mol. The molecule has 1 aromatic carbocycles. The van der Waals surface area contributed by atoms with Gasteiger partial charge < -0.3 is 13.7 Å². The van der Waals surface area contributed by atoms with Gasteiger partial charge in [-0.05, 0) is 92.8 Å². The largest absolute Gasteiger partial charge is 0.611 e. The van der Waals surface area contributed by atoms with Crippen LogP contribution in [-0.2, 0) is 29.9 Å². The topological polar surface area (TPSA) is 75.7 Å². The van der Waals surface area contributed by atoms with Gasteiger partial charge >= 0.3 is 5.97 Å². The molecule has 1 aromatic rings. The molecule has 0 heterocycles. The third-order valence-electron chi connectivity index (χ3n) is 7.86. The second-order valence-electron chi connectivity index (χ2n) is 11.9. The first-order chi connectivity index (χ1) is 17.3. The summed E-state index contributed by atoms with van der Waals surface area (Å²) in [5, 5.41) is 0.0788. The Kier molecular flexibility index (Phi) is 12.6. The van der Waals surface area contributed by atoms with Crippen LogP contribution in [0.25, 0.3) is 0 Å². The molecule has 1 saturated carbocycles. The summed E-state index contributed by atoms with van der Waals surface area (Å²) >= 11 is -0.927. The van der Waals surface area contributed by atoms with Crippen LogP contribution < -0.4 is 0 Å². The third kappa shape index (κ3) is 10.3. The van der Waals surface area contributed by atoms with Crippen molar-refractivity contribution in [3.63, 3.8) is 0 Å². The van der Waals surface area contributed by atoms with Crippen molar-refractivity contribution >= 4 is 31.2 Å². The normalized spacial score (nSPS) is 21.5. The molecule has 208 valence electrons. The smallest absolute Gasteiger partial charge is 0.302 e. The fourth-order valence-electron chi connectivity index (χ4n) is 4.56. The summed E-state index contributed by atoms with van der Waals surface area (Å²) in [5.74, 6) is 0.614. The van der Waals surface area contributed by atoms with Crippen LogP contribution in [0.2, 0.25) is 18.1 Å². The summed E-state index contributed by atoms with van der Waals surface area (Å²) in [5.41, 5.74) is 1.18. The Morgan fingerprint density at radius 2 is 1.81 bits per heavy atom. The molecule has 4 atom stereocenters. The van der Waals surface area contributed by atoms with Crippen LogP contribution in [0.3, 0.4) is 0 Å². The van der Waals surface area contributed by atoms with Crippen molar-refractivity contribution in [3.05, 3.63) is 42.0 Å². The summed E-state index contributed by atoms with van der Waals surface area (Å²) < 4.78 is 24.3. The molecule has 5 nitrogen and oxygen atoms in total. The molecule has 1 unspecified atom stereocenters. The number of unbranched alkanes of at least 4 members (excludes halogenated alkanes) is 3. The number of allylic oxidation sites excluding steroid dienone is 2. The number of hydrogen-bond donors (Lipinski definition) is 0. The number of benzene rings is 1. The number of ketones is 1. The summed E-state index contributed by atoms with van der Waals surface area (Å²) in [6.07, 6.45) is 10.2. The Hall–Kier alpha value is -1.41. The quantitative estimate of drug-likeness (QED) is 0.0811. The zero-order valence-electron chi connectivity index (χ0n) is 24.0. The summed E-state index contributed by atoms with van der Waals surface area (Å²) in [6, 6.07) is 7.95. The molecule has 1 aliphatic carbocycles. The van der Waals surface area contributed by atoms with Crippen LogP contribution in [0.15, 0.2) is 41.3 Å². The van der Waals surface area contributed by atoms with Gasteiger partial charge in [-0.1, -0.05) is 50.6 Å². The van der Waals surface area contributed by atoms with Crippen LogP contribution >= 0.6 is 0 Å². The molecule has 0 amide bonds. The van der Waals surface area contributed by atoms with E-state index in [0.29, 0.717) is 18.6 Å². The van der Waals surface area contributed by atoms with Gasteiger partial charge in [-0.2, -0.15) is 0 Å². The standard InChI is InChI=1S/C30H48O5SSi/c1-23-15-17-25(18-16-23)36(33)21-13-11-9-8-10-12-14-27-26(19-20-34-24(2)31)28(32)22-29(27)35-37(6,7)30(3,4)5/h10,12,15-18,26-27,29H,8-9,11,13-14,19-22H2,1-7H3/b12-10+/t26-,27-,29-,36?/m1/s1. The van der Waals surface area contributed by atoms with Crippen molar-refractivity contribution in [1.82, 2.24) is 0 Å². The van der Waals surface area contributed by atoms with Gasteiger partial charge in [0.25, 0.3) is 0 Å². The maximum Gasteiger partial charge on any atom is 0.302 e. The van der Waals surface area contributed by atoms with Crippen molar-refractivity contribution in [2.45, 2.75) is 109 Å². The maximum absolute atomic E-state index is 12.9. The molecule has 37 heavy (non-hydrogen) atoms. The highest BCUT2D eigenvalue weighted by Gasteiger charge is 2.47.